The van der Waals surface area contributed by atoms with Crippen molar-refractivity contribution >= 4 is 21.9 Å². The maximum atomic E-state index is 12.5. The van der Waals surface area contributed by atoms with E-state index in [0.717, 1.165) is 5.56 Å². The molecule has 0 aliphatic carbocycles. The number of nitrogens with zero attached hydrogens (tertiary/aromatic N) is 2. The quantitative estimate of drug-likeness (QED) is 0.585. The van der Waals surface area contributed by atoms with Gasteiger partial charge in [-0.3, -0.25) is 4.79 Å². The number of benzene rings is 2. The maximum absolute atomic E-state index is 12.5. The second kappa shape index (κ2) is 10.2. The van der Waals surface area contributed by atoms with Crippen molar-refractivity contribution in [3.05, 3.63) is 65.7 Å². The Morgan fingerprint density at radius 3 is 2.07 bits per heavy atom. The fraction of sp³-hybridized carbons (Fsp3) is 0.333. The molecule has 156 valence electrons. The van der Waals surface area contributed by atoms with Gasteiger partial charge in [-0.25, -0.2) is 13.2 Å². The van der Waals surface area contributed by atoms with E-state index in [1.165, 1.54) is 33.5 Å². The number of sulfonamides is 1. The van der Waals surface area contributed by atoms with Crippen LogP contribution < -0.4 is 0 Å². The summed E-state index contributed by atoms with van der Waals surface area (Å²) in [5.41, 5.74) is 1.15. The van der Waals surface area contributed by atoms with Crippen molar-refractivity contribution in [1.29, 1.82) is 0 Å². The lowest BCUT2D eigenvalue weighted by Crippen LogP contribution is -2.31. The van der Waals surface area contributed by atoms with Gasteiger partial charge < -0.3 is 9.64 Å². The minimum Gasteiger partial charge on any atom is -0.452 e. The molecule has 0 unspecified atom stereocenters. The molecule has 0 saturated heterocycles. The molecule has 0 aliphatic heterocycles. The first kappa shape index (κ1) is 22.6. The number of rotatable bonds is 9. The zero-order valence-electron chi connectivity index (χ0n) is 16.9. The Hall–Kier alpha value is -2.71. The number of carbonyl (C=O) groups is 2. The Kier molecular flexibility index (Phi) is 7.92. The van der Waals surface area contributed by atoms with Gasteiger partial charge in [-0.05, 0) is 29.8 Å². The van der Waals surface area contributed by atoms with Crippen LogP contribution in [-0.2, 0) is 26.1 Å². The molecular formula is C21H26N2O5S. The zero-order valence-corrected chi connectivity index (χ0v) is 17.7. The van der Waals surface area contributed by atoms with Crippen molar-refractivity contribution in [3.8, 4) is 0 Å². The summed E-state index contributed by atoms with van der Waals surface area (Å²) in [4.78, 5) is 25.9. The van der Waals surface area contributed by atoms with Crippen LogP contribution in [0.4, 0.5) is 0 Å². The molecule has 7 nitrogen and oxygen atoms in total. The molecule has 0 N–H and O–H groups in total. The van der Waals surface area contributed by atoms with Crippen molar-refractivity contribution in [3.63, 3.8) is 0 Å². The summed E-state index contributed by atoms with van der Waals surface area (Å²) in [5, 5.41) is 0. The van der Waals surface area contributed by atoms with Crippen LogP contribution in [-0.4, -0.2) is 56.2 Å². The molecule has 8 heteroatoms. The second-order valence-corrected chi connectivity index (χ2v) is 8.36. The average Bonchev–Trinajstić information content (AvgIpc) is 2.73. The molecule has 2 rings (SSSR count). The van der Waals surface area contributed by atoms with E-state index in [-0.39, 0.29) is 23.0 Å². The van der Waals surface area contributed by atoms with Gasteiger partial charge in [0.1, 0.15) is 0 Å². The van der Waals surface area contributed by atoms with Crippen LogP contribution >= 0.6 is 0 Å². The van der Waals surface area contributed by atoms with E-state index in [9.17, 15) is 18.0 Å². The van der Waals surface area contributed by atoms with E-state index < -0.39 is 16.0 Å². The first-order chi connectivity index (χ1) is 13.8. The number of carbonyl (C=O) groups excluding carboxylic acids is 2. The van der Waals surface area contributed by atoms with Crippen LogP contribution in [0.25, 0.3) is 0 Å². The number of amides is 1. The van der Waals surface area contributed by atoms with Gasteiger partial charge in [0.25, 0.3) is 5.91 Å². The highest BCUT2D eigenvalue weighted by molar-refractivity contribution is 7.89. The molecule has 2 aromatic rings. The monoisotopic (exact) mass is 418 g/mol. The van der Waals surface area contributed by atoms with Crippen LogP contribution in [0.1, 0.15) is 29.8 Å². The fourth-order valence-electron chi connectivity index (χ4n) is 2.74. The third-order valence-electron chi connectivity index (χ3n) is 4.45. The van der Waals surface area contributed by atoms with Gasteiger partial charge in [0.05, 0.1) is 10.5 Å². The van der Waals surface area contributed by atoms with Gasteiger partial charge in [-0.2, -0.15) is 4.31 Å². The Balaban J connectivity index is 1.94. The van der Waals surface area contributed by atoms with Crippen LogP contribution in [0, 0.1) is 0 Å². The number of ether oxygens (including phenoxy) is 1. The number of esters is 1. The van der Waals surface area contributed by atoms with Gasteiger partial charge in [-0.15, -0.1) is 0 Å². The van der Waals surface area contributed by atoms with Gasteiger partial charge in [-0.1, -0.05) is 44.2 Å². The molecule has 0 aromatic heterocycles. The molecule has 2 aromatic carbocycles. The zero-order chi connectivity index (χ0) is 21.4. The standard InChI is InChI=1S/C21H26N2O5S/c1-4-23(5-2)29(26,27)19-13-11-18(12-14-19)21(25)28-16-20(24)22(3)15-17-9-7-6-8-10-17/h6-14H,4-5,15-16H2,1-3H3. The molecule has 29 heavy (non-hydrogen) atoms. The van der Waals surface area contributed by atoms with Crippen molar-refractivity contribution in [2.45, 2.75) is 25.3 Å². The summed E-state index contributed by atoms with van der Waals surface area (Å²) in [6.07, 6.45) is 0. The van der Waals surface area contributed by atoms with Gasteiger partial charge in [0, 0.05) is 26.7 Å². The SMILES string of the molecule is CCN(CC)S(=O)(=O)c1ccc(C(=O)OCC(=O)N(C)Cc2ccccc2)cc1. The molecule has 0 atom stereocenters. The highest BCUT2D eigenvalue weighted by atomic mass is 32.2. The van der Waals surface area contributed by atoms with Crippen molar-refractivity contribution in [2.24, 2.45) is 0 Å². The van der Waals surface area contributed by atoms with Crippen molar-refractivity contribution < 1.29 is 22.7 Å². The van der Waals surface area contributed by atoms with Crippen LogP contribution in [0.2, 0.25) is 0 Å². The third kappa shape index (κ3) is 5.88. The molecule has 1 amide bonds. The minimum atomic E-state index is -3.59. The summed E-state index contributed by atoms with van der Waals surface area (Å²) in [5.74, 6) is -1.01. The lowest BCUT2D eigenvalue weighted by Gasteiger charge is -2.18. The van der Waals surface area contributed by atoms with Gasteiger partial charge >= 0.3 is 5.97 Å². The van der Waals surface area contributed by atoms with E-state index in [4.69, 9.17) is 4.74 Å². The van der Waals surface area contributed by atoms with Crippen molar-refractivity contribution in [1.82, 2.24) is 9.21 Å². The molecule has 0 bridgehead atoms. The third-order valence-corrected chi connectivity index (χ3v) is 6.51. The molecule has 0 spiro atoms. The smallest absolute Gasteiger partial charge is 0.338 e. The highest BCUT2D eigenvalue weighted by Crippen LogP contribution is 2.16. The van der Waals surface area contributed by atoms with Gasteiger partial charge in [0.2, 0.25) is 10.0 Å². The summed E-state index contributed by atoms with van der Waals surface area (Å²) >= 11 is 0. The fourth-order valence-corrected chi connectivity index (χ4v) is 4.20. The Bertz CT molecular complexity index is 923. The van der Waals surface area contributed by atoms with E-state index in [1.54, 1.807) is 20.9 Å². The van der Waals surface area contributed by atoms with Crippen LogP contribution in [0.5, 0.6) is 0 Å². The van der Waals surface area contributed by atoms with Crippen molar-refractivity contribution in [2.75, 3.05) is 26.7 Å². The first-order valence-corrected chi connectivity index (χ1v) is 10.8. The summed E-state index contributed by atoms with van der Waals surface area (Å²) in [6.45, 7) is 4.27. The van der Waals surface area contributed by atoms with E-state index in [2.05, 4.69) is 0 Å². The van der Waals surface area contributed by atoms with E-state index >= 15 is 0 Å². The molecule has 0 radical (unpaired) electrons. The maximum Gasteiger partial charge on any atom is 0.338 e. The Morgan fingerprint density at radius 1 is 0.931 bits per heavy atom. The van der Waals surface area contributed by atoms with Gasteiger partial charge in [0.15, 0.2) is 6.61 Å². The number of hydrogen-bond donors (Lipinski definition) is 0. The number of hydrogen-bond acceptors (Lipinski definition) is 5. The summed E-state index contributed by atoms with van der Waals surface area (Å²) in [6, 6.07) is 15.0. The highest BCUT2D eigenvalue weighted by Gasteiger charge is 2.22. The second-order valence-electron chi connectivity index (χ2n) is 6.43. The topological polar surface area (TPSA) is 84.0 Å². The van der Waals surface area contributed by atoms with E-state index in [0.29, 0.717) is 19.6 Å². The lowest BCUT2D eigenvalue weighted by atomic mass is 10.2. The van der Waals surface area contributed by atoms with Crippen LogP contribution in [0.3, 0.4) is 0 Å². The molecular weight excluding hydrogens is 392 g/mol. The first-order valence-electron chi connectivity index (χ1n) is 9.34. The van der Waals surface area contributed by atoms with Crippen LogP contribution in [0.15, 0.2) is 59.5 Å². The minimum absolute atomic E-state index is 0.108. The Morgan fingerprint density at radius 2 is 1.52 bits per heavy atom. The summed E-state index contributed by atoms with van der Waals surface area (Å²) < 4.78 is 31.4. The normalized spacial score (nSPS) is 11.3. The lowest BCUT2D eigenvalue weighted by molar-refractivity contribution is -0.133. The molecule has 0 heterocycles. The molecule has 0 aliphatic rings. The number of likely N-dealkylation sites (N-methyl/N-ethyl adjacent to an activating group) is 1. The van der Waals surface area contributed by atoms with E-state index in [1.807, 2.05) is 30.3 Å². The predicted octanol–water partition coefficient (Wildman–Crippen LogP) is 2.53. The molecule has 0 saturated carbocycles. The summed E-state index contributed by atoms with van der Waals surface area (Å²) in [7, 11) is -1.95. The Labute approximate surface area is 171 Å². The largest absolute Gasteiger partial charge is 0.452 e. The molecule has 0 fully saturated rings. The average molecular weight is 419 g/mol. The predicted molar refractivity (Wildman–Crippen MR) is 110 cm³/mol.